The van der Waals surface area contributed by atoms with Gasteiger partial charge in [-0.05, 0) is 19.3 Å². The maximum absolute atomic E-state index is 11.8. The van der Waals surface area contributed by atoms with Crippen molar-refractivity contribution in [2.24, 2.45) is 0 Å². The van der Waals surface area contributed by atoms with Gasteiger partial charge < -0.3 is 5.32 Å². The van der Waals surface area contributed by atoms with Crippen LogP contribution in [0.2, 0.25) is 0 Å². The van der Waals surface area contributed by atoms with Gasteiger partial charge in [0.15, 0.2) is 5.78 Å². The molecule has 120 valence electrons. The topological polar surface area (TPSA) is 46.2 Å². The number of hydrogen-bond acceptors (Lipinski definition) is 2. The zero-order valence-electron chi connectivity index (χ0n) is 13.6. The van der Waals surface area contributed by atoms with Crippen LogP contribution in [0.4, 0.5) is 0 Å². The molecule has 0 radical (unpaired) electrons. The Morgan fingerprint density at radius 2 is 1.62 bits per heavy atom. The highest BCUT2D eigenvalue weighted by molar-refractivity contribution is 5.92. The van der Waals surface area contributed by atoms with Crippen LogP contribution in [0.5, 0.6) is 0 Å². The lowest BCUT2D eigenvalue weighted by Crippen LogP contribution is -2.24. The first-order valence-corrected chi connectivity index (χ1v) is 8.75. The Morgan fingerprint density at radius 3 is 2.24 bits per heavy atom. The largest absolute Gasteiger partial charge is 0.330 e. The first-order chi connectivity index (χ1) is 10.2. The third-order valence-electron chi connectivity index (χ3n) is 4.01. The van der Waals surface area contributed by atoms with Crippen LogP contribution in [0.1, 0.15) is 90.4 Å². The van der Waals surface area contributed by atoms with Crippen molar-refractivity contribution in [1.82, 2.24) is 5.32 Å². The summed E-state index contributed by atoms with van der Waals surface area (Å²) >= 11 is 0. The Balaban J connectivity index is 1.95. The van der Waals surface area contributed by atoms with Gasteiger partial charge in [0.05, 0.1) is 0 Å². The minimum Gasteiger partial charge on any atom is -0.330 e. The van der Waals surface area contributed by atoms with E-state index >= 15 is 0 Å². The lowest BCUT2D eigenvalue weighted by atomic mass is 10.0. The van der Waals surface area contributed by atoms with Crippen LogP contribution in [0, 0.1) is 0 Å². The molecule has 0 aromatic carbocycles. The van der Waals surface area contributed by atoms with Crippen molar-refractivity contribution in [3.05, 3.63) is 11.8 Å². The van der Waals surface area contributed by atoms with Gasteiger partial charge in [-0.25, -0.2) is 0 Å². The third-order valence-corrected chi connectivity index (χ3v) is 4.01. The Bertz CT molecular complexity index is 347. The number of ketones is 1. The summed E-state index contributed by atoms with van der Waals surface area (Å²) in [5.41, 5.74) is 0.812. The molecule has 0 spiro atoms. The van der Waals surface area contributed by atoms with Crippen LogP contribution in [0.15, 0.2) is 11.8 Å². The molecular formula is C18H31NO2. The van der Waals surface area contributed by atoms with E-state index in [4.69, 9.17) is 0 Å². The van der Waals surface area contributed by atoms with E-state index in [1.165, 1.54) is 44.9 Å². The van der Waals surface area contributed by atoms with E-state index in [1.807, 2.05) is 0 Å². The Hall–Kier alpha value is -1.12. The summed E-state index contributed by atoms with van der Waals surface area (Å²) in [5.74, 6) is 0.207. The minimum absolute atomic E-state index is 0.0684. The molecular weight excluding hydrogens is 262 g/mol. The van der Waals surface area contributed by atoms with Crippen molar-refractivity contribution < 1.29 is 9.59 Å². The van der Waals surface area contributed by atoms with Gasteiger partial charge in [0.1, 0.15) is 0 Å². The second-order valence-electron chi connectivity index (χ2n) is 6.12. The van der Waals surface area contributed by atoms with E-state index in [0.717, 1.165) is 31.4 Å². The molecule has 0 heterocycles. The molecule has 0 atom stereocenters. The van der Waals surface area contributed by atoms with Gasteiger partial charge in [0.2, 0.25) is 5.91 Å². The second-order valence-corrected chi connectivity index (χ2v) is 6.12. The number of unbranched alkanes of at least 4 members (excludes halogenated alkanes) is 8. The van der Waals surface area contributed by atoms with Crippen molar-refractivity contribution in [3.63, 3.8) is 0 Å². The van der Waals surface area contributed by atoms with Crippen LogP contribution in [0.3, 0.4) is 0 Å². The standard InChI is InChI=1S/C18H31NO2/c1-2-3-4-5-6-7-8-9-10-14-18(21)19-16-12-11-13-17(20)15-16/h15H,2-14H2,1H3,(H,19,21). The van der Waals surface area contributed by atoms with Gasteiger partial charge in [-0.15, -0.1) is 0 Å². The fourth-order valence-electron chi connectivity index (χ4n) is 2.73. The first-order valence-electron chi connectivity index (χ1n) is 8.75. The van der Waals surface area contributed by atoms with Gasteiger partial charge in [-0.2, -0.15) is 0 Å². The average Bonchev–Trinajstić information content (AvgIpc) is 2.45. The SMILES string of the molecule is CCCCCCCCCCCC(=O)NC1=CC(=O)CCC1. The van der Waals surface area contributed by atoms with Crippen molar-refractivity contribution in [1.29, 1.82) is 0 Å². The monoisotopic (exact) mass is 293 g/mol. The maximum atomic E-state index is 11.8. The van der Waals surface area contributed by atoms with Crippen molar-refractivity contribution >= 4 is 11.7 Å². The van der Waals surface area contributed by atoms with Crippen LogP contribution in [-0.4, -0.2) is 11.7 Å². The molecule has 0 bridgehead atoms. The minimum atomic E-state index is 0.0684. The molecule has 0 saturated heterocycles. The summed E-state index contributed by atoms with van der Waals surface area (Å²) in [6.45, 7) is 2.24. The highest BCUT2D eigenvalue weighted by Crippen LogP contribution is 2.13. The van der Waals surface area contributed by atoms with E-state index in [1.54, 1.807) is 6.08 Å². The molecule has 0 aliphatic heterocycles. The maximum Gasteiger partial charge on any atom is 0.224 e. The molecule has 0 aromatic rings. The lowest BCUT2D eigenvalue weighted by molar-refractivity contribution is -0.120. The summed E-state index contributed by atoms with van der Waals surface area (Å²) in [6, 6.07) is 0. The zero-order valence-corrected chi connectivity index (χ0v) is 13.6. The number of hydrogen-bond donors (Lipinski definition) is 1. The Kier molecular flexibility index (Phi) is 9.84. The van der Waals surface area contributed by atoms with Gasteiger partial charge in [-0.3, -0.25) is 9.59 Å². The van der Waals surface area contributed by atoms with Gasteiger partial charge in [0.25, 0.3) is 0 Å². The zero-order chi connectivity index (χ0) is 15.3. The second kappa shape index (κ2) is 11.5. The summed E-state index contributed by atoms with van der Waals surface area (Å²) < 4.78 is 0. The first kappa shape index (κ1) is 17.9. The molecule has 0 unspecified atom stereocenters. The predicted octanol–water partition coefficient (Wildman–Crippen LogP) is 4.66. The van der Waals surface area contributed by atoms with Crippen molar-refractivity contribution in [2.75, 3.05) is 0 Å². The number of rotatable bonds is 11. The summed E-state index contributed by atoms with van der Waals surface area (Å²) in [6.07, 6.45) is 15.8. The van der Waals surface area contributed by atoms with E-state index in [2.05, 4.69) is 12.2 Å². The van der Waals surface area contributed by atoms with Crippen LogP contribution in [-0.2, 0) is 9.59 Å². The number of carbonyl (C=O) groups is 2. The molecule has 1 N–H and O–H groups in total. The summed E-state index contributed by atoms with van der Waals surface area (Å²) in [4.78, 5) is 23.0. The van der Waals surface area contributed by atoms with Crippen LogP contribution in [0.25, 0.3) is 0 Å². The van der Waals surface area contributed by atoms with Crippen LogP contribution >= 0.6 is 0 Å². The van der Waals surface area contributed by atoms with Gasteiger partial charge in [0, 0.05) is 24.6 Å². The number of nitrogens with one attached hydrogen (secondary N) is 1. The smallest absolute Gasteiger partial charge is 0.224 e. The highest BCUT2D eigenvalue weighted by Gasteiger charge is 2.11. The van der Waals surface area contributed by atoms with Crippen LogP contribution < -0.4 is 5.32 Å². The Morgan fingerprint density at radius 1 is 1.00 bits per heavy atom. The molecule has 1 aliphatic carbocycles. The number of allylic oxidation sites excluding steroid dienone is 2. The lowest BCUT2D eigenvalue weighted by Gasteiger charge is -2.13. The highest BCUT2D eigenvalue weighted by atomic mass is 16.1. The van der Waals surface area contributed by atoms with Gasteiger partial charge in [-0.1, -0.05) is 58.3 Å². The fraction of sp³-hybridized carbons (Fsp3) is 0.778. The quantitative estimate of drug-likeness (QED) is 0.563. The predicted molar refractivity (Wildman–Crippen MR) is 86.9 cm³/mol. The molecule has 1 amide bonds. The molecule has 1 aliphatic rings. The molecule has 1 rings (SSSR count). The van der Waals surface area contributed by atoms with E-state index < -0.39 is 0 Å². The summed E-state index contributed by atoms with van der Waals surface area (Å²) in [5, 5.41) is 2.88. The fourth-order valence-corrected chi connectivity index (χ4v) is 2.73. The molecule has 0 fully saturated rings. The third kappa shape index (κ3) is 9.43. The molecule has 3 heteroatoms. The molecule has 0 aromatic heterocycles. The molecule has 3 nitrogen and oxygen atoms in total. The van der Waals surface area contributed by atoms with Crippen molar-refractivity contribution in [3.8, 4) is 0 Å². The Labute approximate surface area is 129 Å². The number of amides is 1. The molecule has 0 saturated carbocycles. The molecule has 21 heavy (non-hydrogen) atoms. The van der Waals surface area contributed by atoms with E-state index in [0.29, 0.717) is 12.8 Å². The number of carbonyl (C=O) groups excluding carboxylic acids is 2. The average molecular weight is 293 g/mol. The van der Waals surface area contributed by atoms with E-state index in [-0.39, 0.29) is 11.7 Å². The van der Waals surface area contributed by atoms with E-state index in [9.17, 15) is 9.59 Å². The van der Waals surface area contributed by atoms with Crippen molar-refractivity contribution in [2.45, 2.75) is 90.4 Å². The van der Waals surface area contributed by atoms with Gasteiger partial charge >= 0.3 is 0 Å². The summed E-state index contributed by atoms with van der Waals surface area (Å²) in [7, 11) is 0. The normalized spacial score (nSPS) is 14.9.